The number of carboxylic acid groups (broad SMARTS) is 1. The standard InChI is InChI=1S/C18H13NO5S/c20-14(21)9-19-17(23)15-16(22)12-7-6-11(8-13(12)25-18(15)24)10-4-2-1-3-5-10/h1-8,24H,9H2,(H,19,23)(H,20,21). The van der Waals surface area contributed by atoms with Gasteiger partial charge in [0.1, 0.15) is 12.1 Å². The second-order valence-electron chi connectivity index (χ2n) is 5.26. The van der Waals surface area contributed by atoms with Crippen molar-refractivity contribution < 1.29 is 19.8 Å². The summed E-state index contributed by atoms with van der Waals surface area (Å²) in [5.41, 5.74) is 0.776. The van der Waals surface area contributed by atoms with Crippen LogP contribution in [0, 0.1) is 0 Å². The van der Waals surface area contributed by atoms with Crippen LogP contribution in [0.3, 0.4) is 0 Å². The van der Waals surface area contributed by atoms with Crippen LogP contribution < -0.4 is 10.7 Å². The van der Waals surface area contributed by atoms with Gasteiger partial charge in [-0.15, -0.1) is 0 Å². The molecule has 0 spiro atoms. The maximum Gasteiger partial charge on any atom is 0.322 e. The molecule has 0 unspecified atom stereocenters. The molecule has 6 nitrogen and oxygen atoms in total. The van der Waals surface area contributed by atoms with Crippen LogP contribution in [0.5, 0.6) is 5.06 Å². The van der Waals surface area contributed by atoms with Crippen LogP contribution in [0.25, 0.3) is 21.2 Å². The Bertz CT molecular complexity index is 1030. The molecule has 1 amide bonds. The van der Waals surface area contributed by atoms with Gasteiger partial charge in [-0.1, -0.05) is 47.7 Å². The fourth-order valence-electron chi connectivity index (χ4n) is 2.44. The molecule has 0 saturated heterocycles. The zero-order valence-electron chi connectivity index (χ0n) is 12.9. The zero-order chi connectivity index (χ0) is 18.0. The van der Waals surface area contributed by atoms with Gasteiger partial charge >= 0.3 is 5.97 Å². The number of carboxylic acids is 1. The molecule has 0 aliphatic heterocycles. The van der Waals surface area contributed by atoms with E-state index < -0.39 is 34.5 Å². The lowest BCUT2D eigenvalue weighted by molar-refractivity contribution is -0.135. The molecule has 0 aliphatic rings. The van der Waals surface area contributed by atoms with Crippen LogP contribution >= 0.6 is 11.3 Å². The van der Waals surface area contributed by atoms with Crippen LogP contribution in [-0.2, 0) is 4.79 Å². The topological polar surface area (TPSA) is 104 Å². The second kappa shape index (κ2) is 6.74. The molecule has 1 heterocycles. The smallest absolute Gasteiger partial charge is 0.322 e. The monoisotopic (exact) mass is 355 g/mol. The van der Waals surface area contributed by atoms with Gasteiger partial charge in [-0.3, -0.25) is 14.4 Å². The van der Waals surface area contributed by atoms with Gasteiger partial charge in [0.05, 0.1) is 0 Å². The Balaban J connectivity index is 2.08. The summed E-state index contributed by atoms with van der Waals surface area (Å²) in [4.78, 5) is 35.1. The fraction of sp³-hybridized carbons (Fsp3) is 0.0556. The summed E-state index contributed by atoms with van der Waals surface area (Å²) in [5, 5.41) is 20.6. The van der Waals surface area contributed by atoms with Crippen LogP contribution in [0.1, 0.15) is 10.4 Å². The molecule has 25 heavy (non-hydrogen) atoms. The van der Waals surface area contributed by atoms with Crippen molar-refractivity contribution in [3.63, 3.8) is 0 Å². The normalized spacial score (nSPS) is 10.6. The lowest BCUT2D eigenvalue weighted by Gasteiger charge is -2.07. The SMILES string of the molecule is O=C(O)CNC(=O)c1c(O)sc2cc(-c3ccccc3)ccc2c1=O. The van der Waals surface area contributed by atoms with E-state index in [-0.39, 0.29) is 0 Å². The summed E-state index contributed by atoms with van der Waals surface area (Å²) >= 11 is 0.901. The molecule has 0 atom stereocenters. The van der Waals surface area contributed by atoms with Crippen LogP contribution in [0.15, 0.2) is 53.3 Å². The van der Waals surface area contributed by atoms with E-state index in [1.165, 1.54) is 0 Å². The molecule has 0 aliphatic carbocycles. The molecule has 7 heteroatoms. The molecule has 0 saturated carbocycles. The fourth-order valence-corrected chi connectivity index (χ4v) is 3.39. The van der Waals surface area contributed by atoms with E-state index >= 15 is 0 Å². The van der Waals surface area contributed by atoms with Crippen molar-refractivity contribution in [3.05, 3.63) is 64.3 Å². The van der Waals surface area contributed by atoms with Crippen molar-refractivity contribution in [1.82, 2.24) is 5.32 Å². The number of nitrogens with one attached hydrogen (secondary N) is 1. The van der Waals surface area contributed by atoms with Crippen LogP contribution in [-0.4, -0.2) is 28.6 Å². The Hall–Kier alpha value is -3.19. The van der Waals surface area contributed by atoms with E-state index in [0.29, 0.717) is 10.1 Å². The van der Waals surface area contributed by atoms with Gasteiger partial charge < -0.3 is 15.5 Å². The maximum atomic E-state index is 12.5. The molecular formula is C18H13NO5S. The first-order valence-electron chi connectivity index (χ1n) is 7.32. The molecule has 0 fully saturated rings. The first kappa shape index (κ1) is 16.7. The third-order valence-electron chi connectivity index (χ3n) is 3.61. The van der Waals surface area contributed by atoms with Crippen molar-refractivity contribution >= 4 is 33.3 Å². The Morgan fingerprint density at radius 3 is 2.44 bits per heavy atom. The number of aliphatic carboxylic acids is 1. The number of benzene rings is 2. The predicted octanol–water partition coefficient (Wildman–Crippen LogP) is 2.45. The van der Waals surface area contributed by atoms with E-state index in [2.05, 4.69) is 5.32 Å². The van der Waals surface area contributed by atoms with E-state index in [4.69, 9.17) is 5.11 Å². The Kier molecular flexibility index (Phi) is 4.49. The third kappa shape index (κ3) is 3.36. The van der Waals surface area contributed by atoms with Crippen molar-refractivity contribution in [3.8, 4) is 16.2 Å². The molecule has 0 radical (unpaired) electrons. The third-order valence-corrected chi connectivity index (χ3v) is 4.56. The number of carbonyl (C=O) groups is 2. The summed E-state index contributed by atoms with van der Waals surface area (Å²) in [5.74, 6) is -2.15. The van der Waals surface area contributed by atoms with E-state index in [9.17, 15) is 19.5 Å². The van der Waals surface area contributed by atoms with Gasteiger partial charge in [-0.2, -0.15) is 0 Å². The second-order valence-corrected chi connectivity index (χ2v) is 6.30. The molecule has 3 aromatic rings. The lowest BCUT2D eigenvalue weighted by atomic mass is 10.0. The highest BCUT2D eigenvalue weighted by molar-refractivity contribution is 7.20. The first-order valence-corrected chi connectivity index (χ1v) is 8.14. The van der Waals surface area contributed by atoms with Crippen molar-refractivity contribution in [1.29, 1.82) is 0 Å². The number of rotatable bonds is 4. The number of aromatic hydroxyl groups is 1. The minimum Gasteiger partial charge on any atom is -0.499 e. The van der Waals surface area contributed by atoms with Crippen molar-refractivity contribution in [2.24, 2.45) is 0 Å². The minimum absolute atomic E-state index is 0.294. The van der Waals surface area contributed by atoms with Crippen molar-refractivity contribution in [2.45, 2.75) is 0 Å². The first-order chi connectivity index (χ1) is 12.0. The van der Waals surface area contributed by atoms with Crippen molar-refractivity contribution in [2.75, 3.05) is 6.54 Å². The molecule has 1 aromatic heterocycles. The maximum absolute atomic E-state index is 12.5. The number of carbonyl (C=O) groups excluding carboxylic acids is 1. The van der Waals surface area contributed by atoms with E-state index in [1.807, 2.05) is 30.3 Å². The lowest BCUT2D eigenvalue weighted by Crippen LogP contribution is -2.32. The number of fused-ring (bicyclic) bond motifs is 1. The molecule has 3 N–H and O–H groups in total. The molecule has 126 valence electrons. The van der Waals surface area contributed by atoms with Gasteiger partial charge in [-0.05, 0) is 23.3 Å². The zero-order valence-corrected chi connectivity index (χ0v) is 13.7. The Morgan fingerprint density at radius 1 is 1.04 bits per heavy atom. The van der Waals surface area contributed by atoms with E-state index in [0.717, 1.165) is 22.5 Å². The van der Waals surface area contributed by atoms with Gasteiger partial charge in [-0.25, -0.2) is 0 Å². The number of hydrogen-bond acceptors (Lipinski definition) is 5. The summed E-state index contributed by atoms with van der Waals surface area (Å²) < 4.78 is 0.540. The Morgan fingerprint density at radius 2 is 1.76 bits per heavy atom. The van der Waals surface area contributed by atoms with Crippen LogP contribution in [0.2, 0.25) is 0 Å². The summed E-state index contributed by atoms with van der Waals surface area (Å²) in [6.45, 7) is -0.632. The highest BCUT2D eigenvalue weighted by Crippen LogP contribution is 2.31. The average molecular weight is 355 g/mol. The van der Waals surface area contributed by atoms with Gasteiger partial charge in [0.2, 0.25) is 5.43 Å². The molecular weight excluding hydrogens is 342 g/mol. The summed E-state index contributed by atoms with van der Waals surface area (Å²) in [6.07, 6.45) is 0. The number of amides is 1. The van der Waals surface area contributed by atoms with Gasteiger partial charge in [0.15, 0.2) is 5.06 Å². The van der Waals surface area contributed by atoms with Gasteiger partial charge in [0.25, 0.3) is 5.91 Å². The Labute approximate surface area is 146 Å². The summed E-state index contributed by atoms with van der Waals surface area (Å²) in [7, 11) is 0. The van der Waals surface area contributed by atoms with Crippen LogP contribution in [0.4, 0.5) is 0 Å². The highest BCUT2D eigenvalue weighted by atomic mass is 32.1. The molecule has 0 bridgehead atoms. The number of hydrogen-bond donors (Lipinski definition) is 3. The summed E-state index contributed by atoms with van der Waals surface area (Å²) in [6, 6.07) is 14.7. The minimum atomic E-state index is -1.24. The largest absolute Gasteiger partial charge is 0.499 e. The van der Waals surface area contributed by atoms with E-state index in [1.54, 1.807) is 18.2 Å². The molecule has 3 rings (SSSR count). The quantitative estimate of drug-likeness (QED) is 0.667. The predicted molar refractivity (Wildman–Crippen MR) is 95.2 cm³/mol. The highest BCUT2D eigenvalue weighted by Gasteiger charge is 2.20. The van der Waals surface area contributed by atoms with Gasteiger partial charge in [0, 0.05) is 10.1 Å². The average Bonchev–Trinajstić information content (AvgIpc) is 2.60. The molecule has 2 aromatic carbocycles.